The van der Waals surface area contributed by atoms with E-state index < -0.39 is 0 Å². The summed E-state index contributed by atoms with van der Waals surface area (Å²) < 4.78 is 12.6. The van der Waals surface area contributed by atoms with Gasteiger partial charge in [0.1, 0.15) is 5.82 Å². The molecule has 0 fully saturated rings. The Hall–Kier alpha value is -1.58. The lowest BCUT2D eigenvalue weighted by Crippen LogP contribution is -2.41. The summed E-state index contributed by atoms with van der Waals surface area (Å²) >= 11 is 0. The molecule has 94 valence electrons. The van der Waals surface area contributed by atoms with Crippen LogP contribution >= 0.6 is 0 Å². The van der Waals surface area contributed by atoms with E-state index in [1.165, 1.54) is 12.1 Å². The quantitative estimate of drug-likeness (QED) is 0.813. The third kappa shape index (κ3) is 5.33. The van der Waals surface area contributed by atoms with Crippen molar-refractivity contribution in [3.8, 4) is 0 Å². The zero-order valence-electron chi connectivity index (χ0n) is 10.3. The van der Waals surface area contributed by atoms with E-state index in [9.17, 15) is 9.18 Å². The standard InChI is InChI=1S/C13H19FN2O/c1-3-10(2)16-13(17)15-9-8-11-4-6-12(14)7-5-11/h4-7,10H,3,8-9H2,1-2H3,(H2,15,16,17)/t10-/m0/s1. The minimum Gasteiger partial charge on any atom is -0.338 e. The number of carbonyl (C=O) groups excluding carboxylic acids is 1. The van der Waals surface area contributed by atoms with Gasteiger partial charge in [0.05, 0.1) is 0 Å². The van der Waals surface area contributed by atoms with E-state index >= 15 is 0 Å². The maximum atomic E-state index is 12.6. The first kappa shape index (κ1) is 13.5. The average Bonchev–Trinajstić information content (AvgIpc) is 2.31. The summed E-state index contributed by atoms with van der Waals surface area (Å²) in [5, 5.41) is 5.58. The molecule has 1 aromatic carbocycles. The van der Waals surface area contributed by atoms with Crippen molar-refractivity contribution in [3.63, 3.8) is 0 Å². The van der Waals surface area contributed by atoms with Crippen molar-refractivity contribution in [3.05, 3.63) is 35.6 Å². The molecule has 1 rings (SSSR count). The predicted octanol–water partition coefficient (Wildman–Crippen LogP) is 2.47. The molecule has 1 atom stereocenters. The Morgan fingerprint density at radius 1 is 1.35 bits per heavy atom. The molecule has 0 aliphatic rings. The largest absolute Gasteiger partial charge is 0.338 e. The van der Waals surface area contributed by atoms with Gasteiger partial charge >= 0.3 is 6.03 Å². The SMILES string of the molecule is CC[C@H](C)NC(=O)NCCc1ccc(F)cc1. The Morgan fingerprint density at radius 2 is 2.00 bits per heavy atom. The molecule has 0 bridgehead atoms. The number of nitrogens with one attached hydrogen (secondary N) is 2. The molecular formula is C13H19FN2O. The van der Waals surface area contributed by atoms with Crippen molar-refractivity contribution in [1.82, 2.24) is 10.6 Å². The van der Waals surface area contributed by atoms with Gasteiger partial charge in [-0.2, -0.15) is 0 Å². The van der Waals surface area contributed by atoms with Crippen LogP contribution in [-0.2, 0) is 6.42 Å². The second-order valence-electron chi connectivity index (χ2n) is 4.09. The topological polar surface area (TPSA) is 41.1 Å². The molecule has 0 radical (unpaired) electrons. The van der Waals surface area contributed by atoms with Gasteiger partial charge in [0.15, 0.2) is 0 Å². The van der Waals surface area contributed by atoms with E-state index in [0.717, 1.165) is 12.0 Å². The van der Waals surface area contributed by atoms with Crippen molar-refractivity contribution in [2.24, 2.45) is 0 Å². The molecule has 1 aromatic rings. The molecule has 4 heteroatoms. The number of hydrogen-bond donors (Lipinski definition) is 2. The van der Waals surface area contributed by atoms with E-state index in [4.69, 9.17) is 0 Å². The summed E-state index contributed by atoms with van der Waals surface area (Å²) in [6, 6.07) is 6.33. The monoisotopic (exact) mass is 238 g/mol. The molecule has 17 heavy (non-hydrogen) atoms. The van der Waals surface area contributed by atoms with Crippen LogP contribution < -0.4 is 10.6 Å². The molecule has 0 aliphatic heterocycles. The van der Waals surface area contributed by atoms with Crippen LogP contribution in [0.3, 0.4) is 0 Å². The maximum absolute atomic E-state index is 12.6. The van der Waals surface area contributed by atoms with Gasteiger partial charge in [-0.15, -0.1) is 0 Å². The number of rotatable bonds is 5. The van der Waals surface area contributed by atoms with Crippen LogP contribution in [0.15, 0.2) is 24.3 Å². The first-order valence-corrected chi connectivity index (χ1v) is 5.90. The molecule has 0 aliphatic carbocycles. The van der Waals surface area contributed by atoms with Crippen molar-refractivity contribution >= 4 is 6.03 Å². The van der Waals surface area contributed by atoms with Crippen LogP contribution in [0.1, 0.15) is 25.8 Å². The van der Waals surface area contributed by atoms with Gasteiger partial charge in [-0.05, 0) is 37.5 Å². The highest BCUT2D eigenvalue weighted by molar-refractivity contribution is 5.74. The van der Waals surface area contributed by atoms with Crippen molar-refractivity contribution in [2.75, 3.05) is 6.54 Å². The molecule has 0 saturated carbocycles. The second-order valence-corrected chi connectivity index (χ2v) is 4.09. The summed E-state index contributed by atoms with van der Waals surface area (Å²) in [4.78, 5) is 11.4. The van der Waals surface area contributed by atoms with E-state index in [-0.39, 0.29) is 17.9 Å². The van der Waals surface area contributed by atoms with Crippen LogP contribution in [0.25, 0.3) is 0 Å². The summed E-state index contributed by atoms with van der Waals surface area (Å²) in [6.45, 7) is 4.52. The van der Waals surface area contributed by atoms with Crippen LogP contribution in [0, 0.1) is 5.82 Å². The third-order valence-electron chi connectivity index (χ3n) is 2.60. The number of carbonyl (C=O) groups is 1. The summed E-state index contributed by atoms with van der Waals surface area (Å²) in [6.07, 6.45) is 1.61. The molecule has 2 amide bonds. The summed E-state index contributed by atoms with van der Waals surface area (Å²) in [5.41, 5.74) is 1.01. The van der Waals surface area contributed by atoms with Crippen molar-refractivity contribution in [1.29, 1.82) is 0 Å². The maximum Gasteiger partial charge on any atom is 0.315 e. The normalized spacial score (nSPS) is 11.9. The molecule has 0 saturated heterocycles. The predicted molar refractivity (Wildman–Crippen MR) is 66.4 cm³/mol. The number of hydrogen-bond acceptors (Lipinski definition) is 1. The molecule has 2 N–H and O–H groups in total. The van der Waals surface area contributed by atoms with E-state index in [2.05, 4.69) is 10.6 Å². The average molecular weight is 238 g/mol. The molecule has 0 unspecified atom stereocenters. The molecule has 0 heterocycles. The number of benzene rings is 1. The first-order valence-electron chi connectivity index (χ1n) is 5.90. The number of amides is 2. The smallest absolute Gasteiger partial charge is 0.315 e. The fraction of sp³-hybridized carbons (Fsp3) is 0.462. The van der Waals surface area contributed by atoms with E-state index in [1.807, 2.05) is 13.8 Å². The minimum absolute atomic E-state index is 0.151. The van der Waals surface area contributed by atoms with Gasteiger partial charge in [-0.25, -0.2) is 9.18 Å². The van der Waals surface area contributed by atoms with Gasteiger partial charge < -0.3 is 10.6 Å². The number of urea groups is 1. The highest BCUT2D eigenvalue weighted by Gasteiger charge is 2.03. The fourth-order valence-electron chi connectivity index (χ4n) is 1.35. The van der Waals surface area contributed by atoms with E-state index in [1.54, 1.807) is 12.1 Å². The Kier molecular flexibility index (Phi) is 5.46. The van der Waals surface area contributed by atoms with Crippen LogP contribution in [0.5, 0.6) is 0 Å². The Bertz CT molecular complexity index is 351. The Labute approximate surface area is 101 Å². The van der Waals surface area contributed by atoms with Gasteiger partial charge in [0.2, 0.25) is 0 Å². The summed E-state index contributed by atoms with van der Waals surface area (Å²) in [5.74, 6) is -0.240. The fourth-order valence-corrected chi connectivity index (χ4v) is 1.35. The lowest BCUT2D eigenvalue weighted by atomic mass is 10.1. The van der Waals surface area contributed by atoms with Gasteiger partial charge in [-0.1, -0.05) is 19.1 Å². The van der Waals surface area contributed by atoms with E-state index in [0.29, 0.717) is 13.0 Å². The van der Waals surface area contributed by atoms with Crippen LogP contribution in [-0.4, -0.2) is 18.6 Å². The zero-order chi connectivity index (χ0) is 12.7. The molecule has 0 spiro atoms. The lowest BCUT2D eigenvalue weighted by molar-refractivity contribution is 0.237. The first-order chi connectivity index (χ1) is 8.11. The lowest BCUT2D eigenvalue weighted by Gasteiger charge is -2.12. The molecule has 3 nitrogen and oxygen atoms in total. The van der Waals surface area contributed by atoms with Gasteiger partial charge in [0, 0.05) is 12.6 Å². The van der Waals surface area contributed by atoms with Gasteiger partial charge in [0.25, 0.3) is 0 Å². The van der Waals surface area contributed by atoms with Crippen molar-refractivity contribution in [2.45, 2.75) is 32.7 Å². The second kappa shape index (κ2) is 6.89. The summed E-state index contributed by atoms with van der Waals surface area (Å²) in [7, 11) is 0. The van der Waals surface area contributed by atoms with Crippen LogP contribution in [0.4, 0.5) is 9.18 Å². The highest BCUT2D eigenvalue weighted by Crippen LogP contribution is 2.02. The molecular weight excluding hydrogens is 219 g/mol. The van der Waals surface area contributed by atoms with Gasteiger partial charge in [-0.3, -0.25) is 0 Å². The minimum atomic E-state index is -0.240. The molecule has 0 aromatic heterocycles. The Morgan fingerprint density at radius 3 is 2.59 bits per heavy atom. The number of halogens is 1. The Balaban J connectivity index is 2.23. The van der Waals surface area contributed by atoms with Crippen LogP contribution in [0.2, 0.25) is 0 Å². The third-order valence-corrected chi connectivity index (χ3v) is 2.60. The van der Waals surface area contributed by atoms with Crippen molar-refractivity contribution < 1.29 is 9.18 Å². The zero-order valence-corrected chi connectivity index (χ0v) is 10.3. The highest BCUT2D eigenvalue weighted by atomic mass is 19.1.